The molecule has 1 N–H and O–H groups in total. The molecule has 0 aliphatic carbocycles. The van der Waals surface area contributed by atoms with Gasteiger partial charge in [-0.3, -0.25) is 0 Å². The summed E-state index contributed by atoms with van der Waals surface area (Å²) in [5.41, 5.74) is 0.197. The Kier molecular flexibility index (Phi) is 5.26. The Hall–Kier alpha value is -0.970. The van der Waals surface area contributed by atoms with E-state index < -0.39 is 0 Å². The van der Waals surface area contributed by atoms with E-state index in [0.29, 0.717) is 11.8 Å². The van der Waals surface area contributed by atoms with Gasteiger partial charge in [0.15, 0.2) is 5.82 Å². The van der Waals surface area contributed by atoms with Crippen molar-refractivity contribution < 1.29 is 0 Å². The van der Waals surface area contributed by atoms with Crippen LogP contribution in [0.1, 0.15) is 47.4 Å². The SMILES string of the molecule is CC(C)CNCc1nnnn1CC(C)(C)C(C)C. The Morgan fingerprint density at radius 1 is 1.22 bits per heavy atom. The van der Waals surface area contributed by atoms with Crippen molar-refractivity contribution in [3.63, 3.8) is 0 Å². The van der Waals surface area contributed by atoms with Gasteiger partial charge in [-0.2, -0.15) is 0 Å². The van der Waals surface area contributed by atoms with Gasteiger partial charge < -0.3 is 5.32 Å². The minimum atomic E-state index is 0.197. The normalized spacial score (nSPS) is 12.7. The van der Waals surface area contributed by atoms with Crippen LogP contribution in [0.4, 0.5) is 0 Å². The molecule has 18 heavy (non-hydrogen) atoms. The van der Waals surface area contributed by atoms with Crippen LogP contribution in [-0.4, -0.2) is 26.8 Å². The standard InChI is InChI=1S/C13H27N5/c1-10(2)7-14-8-12-15-16-17-18(12)9-13(5,6)11(3)4/h10-11,14H,7-9H2,1-6H3. The van der Waals surface area contributed by atoms with E-state index in [2.05, 4.69) is 62.4 Å². The maximum absolute atomic E-state index is 4.10. The Balaban J connectivity index is 2.60. The molecule has 1 heterocycles. The first-order chi connectivity index (χ1) is 8.33. The number of aromatic nitrogens is 4. The Morgan fingerprint density at radius 3 is 2.44 bits per heavy atom. The van der Waals surface area contributed by atoms with Gasteiger partial charge in [0.2, 0.25) is 0 Å². The van der Waals surface area contributed by atoms with E-state index in [0.717, 1.165) is 25.5 Å². The third kappa shape index (κ3) is 4.37. The average molecular weight is 253 g/mol. The van der Waals surface area contributed by atoms with Crippen molar-refractivity contribution in [2.24, 2.45) is 17.3 Å². The van der Waals surface area contributed by atoms with Gasteiger partial charge in [-0.25, -0.2) is 4.68 Å². The summed E-state index contributed by atoms with van der Waals surface area (Å²) in [5.74, 6) is 2.16. The third-order valence-corrected chi connectivity index (χ3v) is 3.56. The fourth-order valence-electron chi connectivity index (χ4n) is 1.51. The Bertz CT molecular complexity index is 354. The van der Waals surface area contributed by atoms with Gasteiger partial charge in [0, 0.05) is 0 Å². The molecule has 5 nitrogen and oxygen atoms in total. The predicted octanol–water partition coefficient (Wildman–Crippen LogP) is 2.10. The molecule has 0 spiro atoms. The summed E-state index contributed by atoms with van der Waals surface area (Å²) < 4.78 is 1.92. The summed E-state index contributed by atoms with van der Waals surface area (Å²) in [7, 11) is 0. The molecule has 1 rings (SSSR count). The van der Waals surface area contributed by atoms with E-state index in [-0.39, 0.29) is 5.41 Å². The number of hydrogen-bond donors (Lipinski definition) is 1. The number of rotatable bonds is 7. The first kappa shape index (κ1) is 15.1. The molecule has 0 fully saturated rings. The monoisotopic (exact) mass is 253 g/mol. The van der Waals surface area contributed by atoms with Crippen LogP contribution >= 0.6 is 0 Å². The minimum absolute atomic E-state index is 0.197. The summed E-state index contributed by atoms with van der Waals surface area (Å²) in [6, 6.07) is 0. The highest BCUT2D eigenvalue weighted by atomic mass is 15.5. The summed E-state index contributed by atoms with van der Waals surface area (Å²) in [6.45, 7) is 15.9. The van der Waals surface area contributed by atoms with Gasteiger partial charge in [-0.1, -0.05) is 41.5 Å². The predicted molar refractivity (Wildman–Crippen MR) is 73.0 cm³/mol. The highest BCUT2D eigenvalue weighted by molar-refractivity contribution is 4.83. The molecule has 0 amide bonds. The largest absolute Gasteiger partial charge is 0.310 e. The van der Waals surface area contributed by atoms with Crippen LogP contribution in [0, 0.1) is 17.3 Å². The van der Waals surface area contributed by atoms with Crippen LogP contribution in [-0.2, 0) is 13.1 Å². The van der Waals surface area contributed by atoms with Crippen molar-refractivity contribution in [2.75, 3.05) is 6.54 Å². The molecule has 5 heteroatoms. The Labute approximate surface area is 110 Å². The zero-order chi connectivity index (χ0) is 13.8. The van der Waals surface area contributed by atoms with Gasteiger partial charge in [0.05, 0.1) is 13.1 Å². The number of hydrogen-bond acceptors (Lipinski definition) is 4. The molecule has 0 aliphatic heterocycles. The molecule has 0 aromatic carbocycles. The molecule has 0 bridgehead atoms. The van der Waals surface area contributed by atoms with Crippen LogP contribution in [0.15, 0.2) is 0 Å². The topological polar surface area (TPSA) is 55.6 Å². The van der Waals surface area contributed by atoms with Gasteiger partial charge in [0.25, 0.3) is 0 Å². The minimum Gasteiger partial charge on any atom is -0.310 e. The molecule has 0 saturated heterocycles. The van der Waals surface area contributed by atoms with Gasteiger partial charge in [0.1, 0.15) is 0 Å². The summed E-state index contributed by atoms with van der Waals surface area (Å²) in [6.07, 6.45) is 0. The van der Waals surface area contributed by atoms with Crippen LogP contribution in [0.5, 0.6) is 0 Å². The molecule has 1 aromatic heterocycles. The van der Waals surface area contributed by atoms with Crippen LogP contribution in [0.3, 0.4) is 0 Å². The molecule has 0 unspecified atom stereocenters. The fourth-order valence-corrected chi connectivity index (χ4v) is 1.51. The third-order valence-electron chi connectivity index (χ3n) is 3.56. The maximum Gasteiger partial charge on any atom is 0.165 e. The number of tetrazole rings is 1. The van der Waals surface area contributed by atoms with E-state index >= 15 is 0 Å². The zero-order valence-corrected chi connectivity index (χ0v) is 12.6. The van der Waals surface area contributed by atoms with Crippen molar-refractivity contribution >= 4 is 0 Å². The molecular formula is C13H27N5. The summed E-state index contributed by atoms with van der Waals surface area (Å²) in [5, 5.41) is 15.4. The lowest BCUT2D eigenvalue weighted by molar-refractivity contribution is 0.196. The fraction of sp³-hybridized carbons (Fsp3) is 0.923. The van der Waals surface area contributed by atoms with Crippen molar-refractivity contribution in [1.82, 2.24) is 25.5 Å². The van der Waals surface area contributed by atoms with Crippen molar-refractivity contribution in [3.8, 4) is 0 Å². The van der Waals surface area contributed by atoms with E-state index in [1.54, 1.807) is 0 Å². The Morgan fingerprint density at radius 2 is 1.89 bits per heavy atom. The van der Waals surface area contributed by atoms with Crippen LogP contribution < -0.4 is 5.32 Å². The lowest BCUT2D eigenvalue weighted by atomic mass is 9.81. The van der Waals surface area contributed by atoms with E-state index in [9.17, 15) is 0 Å². The first-order valence-corrected chi connectivity index (χ1v) is 6.78. The lowest BCUT2D eigenvalue weighted by Gasteiger charge is -2.29. The number of nitrogens with one attached hydrogen (secondary N) is 1. The van der Waals surface area contributed by atoms with E-state index in [1.807, 2.05) is 4.68 Å². The molecule has 104 valence electrons. The molecule has 1 aromatic rings. The quantitative estimate of drug-likeness (QED) is 0.808. The van der Waals surface area contributed by atoms with Gasteiger partial charge >= 0.3 is 0 Å². The van der Waals surface area contributed by atoms with Crippen molar-refractivity contribution in [2.45, 2.75) is 54.6 Å². The first-order valence-electron chi connectivity index (χ1n) is 6.78. The lowest BCUT2D eigenvalue weighted by Crippen LogP contribution is -2.29. The molecular weight excluding hydrogens is 226 g/mol. The van der Waals surface area contributed by atoms with Gasteiger partial charge in [-0.15, -0.1) is 5.10 Å². The van der Waals surface area contributed by atoms with Crippen LogP contribution in [0.25, 0.3) is 0 Å². The smallest absolute Gasteiger partial charge is 0.165 e. The van der Waals surface area contributed by atoms with Crippen molar-refractivity contribution in [3.05, 3.63) is 5.82 Å². The average Bonchev–Trinajstić information content (AvgIpc) is 2.64. The van der Waals surface area contributed by atoms with E-state index in [4.69, 9.17) is 0 Å². The highest BCUT2D eigenvalue weighted by Gasteiger charge is 2.24. The number of nitrogens with zero attached hydrogens (tertiary/aromatic N) is 4. The maximum atomic E-state index is 4.10. The van der Waals surface area contributed by atoms with E-state index in [1.165, 1.54) is 0 Å². The second kappa shape index (κ2) is 6.27. The summed E-state index contributed by atoms with van der Waals surface area (Å²) >= 11 is 0. The molecule has 0 radical (unpaired) electrons. The second-order valence-electron chi connectivity index (χ2n) is 6.42. The molecule has 0 atom stereocenters. The highest BCUT2D eigenvalue weighted by Crippen LogP contribution is 2.27. The molecule has 0 saturated carbocycles. The molecule has 0 aliphatic rings. The van der Waals surface area contributed by atoms with Crippen LogP contribution in [0.2, 0.25) is 0 Å². The second-order valence-corrected chi connectivity index (χ2v) is 6.42. The van der Waals surface area contributed by atoms with Crippen molar-refractivity contribution in [1.29, 1.82) is 0 Å². The van der Waals surface area contributed by atoms with Gasteiger partial charge in [-0.05, 0) is 34.2 Å². The zero-order valence-electron chi connectivity index (χ0n) is 12.6. The summed E-state index contributed by atoms with van der Waals surface area (Å²) in [4.78, 5) is 0.